The molecule has 0 bridgehead atoms. The molecule has 0 aliphatic rings. The van der Waals surface area contributed by atoms with Crippen molar-refractivity contribution in [2.45, 2.75) is 19.6 Å². The smallest absolute Gasteiger partial charge is 0.328 e. The standard InChI is InChI=1S/C19H18N4O4/c1-13(18(25)22(2)14-8-4-3-5-9-14)27-17(24)12-23-19(26)15-10-6-7-11-16(15)20-21-23/h3-11,13H,12H2,1-2H3/t13-/m1/s1. The lowest BCUT2D eigenvalue weighted by molar-refractivity contribution is -0.154. The zero-order chi connectivity index (χ0) is 19.4. The number of hydrogen-bond acceptors (Lipinski definition) is 6. The van der Waals surface area contributed by atoms with Crippen LogP contribution in [0.4, 0.5) is 5.69 Å². The van der Waals surface area contributed by atoms with Crippen LogP contribution in [-0.4, -0.2) is 40.0 Å². The maximum atomic E-state index is 12.4. The maximum Gasteiger partial charge on any atom is 0.328 e. The molecule has 0 aliphatic heterocycles. The molecule has 0 unspecified atom stereocenters. The summed E-state index contributed by atoms with van der Waals surface area (Å²) < 4.78 is 6.09. The number of amides is 1. The number of fused-ring (bicyclic) bond motifs is 1. The summed E-state index contributed by atoms with van der Waals surface area (Å²) in [6.07, 6.45) is -1.01. The highest BCUT2D eigenvalue weighted by Crippen LogP contribution is 2.13. The van der Waals surface area contributed by atoms with E-state index in [1.807, 2.05) is 6.07 Å². The molecular formula is C19H18N4O4. The summed E-state index contributed by atoms with van der Waals surface area (Å²) in [4.78, 5) is 38.3. The zero-order valence-electron chi connectivity index (χ0n) is 14.9. The molecule has 8 heteroatoms. The predicted molar refractivity (Wildman–Crippen MR) is 99.2 cm³/mol. The fourth-order valence-corrected chi connectivity index (χ4v) is 2.59. The molecular weight excluding hydrogens is 348 g/mol. The van der Waals surface area contributed by atoms with Crippen molar-refractivity contribution in [3.8, 4) is 0 Å². The molecule has 0 fully saturated rings. The number of esters is 1. The van der Waals surface area contributed by atoms with E-state index < -0.39 is 24.2 Å². The zero-order valence-corrected chi connectivity index (χ0v) is 14.9. The molecule has 0 radical (unpaired) electrons. The Bertz CT molecular complexity index is 1030. The maximum absolute atomic E-state index is 12.4. The Kier molecular flexibility index (Phi) is 5.25. The first-order valence-corrected chi connectivity index (χ1v) is 8.32. The second-order valence-electron chi connectivity index (χ2n) is 5.93. The number of nitrogens with zero attached hydrogens (tertiary/aromatic N) is 4. The number of aromatic nitrogens is 3. The van der Waals surface area contributed by atoms with Crippen LogP contribution < -0.4 is 10.5 Å². The Morgan fingerprint density at radius 1 is 1.11 bits per heavy atom. The molecule has 0 spiro atoms. The predicted octanol–water partition coefficient (Wildman–Crippen LogP) is 1.39. The Morgan fingerprint density at radius 3 is 2.52 bits per heavy atom. The number of benzene rings is 2. The topological polar surface area (TPSA) is 94.4 Å². The van der Waals surface area contributed by atoms with Crippen molar-refractivity contribution in [2.24, 2.45) is 0 Å². The number of ether oxygens (including phenoxy) is 1. The summed E-state index contributed by atoms with van der Waals surface area (Å²) in [5.41, 5.74) is 0.681. The minimum Gasteiger partial charge on any atom is -0.451 e. The minimum atomic E-state index is -1.01. The van der Waals surface area contributed by atoms with Crippen LogP contribution in [0.1, 0.15) is 6.92 Å². The lowest BCUT2D eigenvalue weighted by Crippen LogP contribution is -2.38. The average molecular weight is 366 g/mol. The van der Waals surface area contributed by atoms with Gasteiger partial charge in [-0.1, -0.05) is 35.5 Å². The lowest BCUT2D eigenvalue weighted by Gasteiger charge is -2.21. The summed E-state index contributed by atoms with van der Waals surface area (Å²) in [6.45, 7) is 1.05. The fourth-order valence-electron chi connectivity index (χ4n) is 2.59. The van der Waals surface area contributed by atoms with E-state index in [4.69, 9.17) is 4.74 Å². The molecule has 1 heterocycles. The molecule has 1 atom stereocenters. The summed E-state index contributed by atoms with van der Waals surface area (Å²) in [7, 11) is 1.60. The van der Waals surface area contributed by atoms with Gasteiger partial charge in [0.25, 0.3) is 11.5 Å². The highest BCUT2D eigenvalue weighted by molar-refractivity contribution is 5.96. The summed E-state index contributed by atoms with van der Waals surface area (Å²) in [5.74, 6) is -1.13. The van der Waals surface area contributed by atoms with Crippen LogP contribution in [0, 0.1) is 0 Å². The van der Waals surface area contributed by atoms with E-state index in [1.54, 1.807) is 55.6 Å². The lowest BCUT2D eigenvalue weighted by atomic mass is 10.2. The molecule has 27 heavy (non-hydrogen) atoms. The van der Waals surface area contributed by atoms with E-state index in [1.165, 1.54) is 11.8 Å². The quantitative estimate of drug-likeness (QED) is 0.633. The molecule has 2 aromatic carbocycles. The number of para-hydroxylation sites is 1. The molecule has 0 aliphatic carbocycles. The van der Waals surface area contributed by atoms with Gasteiger partial charge in [0.1, 0.15) is 12.1 Å². The van der Waals surface area contributed by atoms with Crippen LogP contribution in [0.3, 0.4) is 0 Å². The number of likely N-dealkylation sites (N-methyl/N-ethyl adjacent to an activating group) is 1. The van der Waals surface area contributed by atoms with Gasteiger partial charge in [-0.15, -0.1) is 5.10 Å². The van der Waals surface area contributed by atoms with Gasteiger partial charge in [-0.25, -0.2) is 0 Å². The van der Waals surface area contributed by atoms with Crippen molar-refractivity contribution in [3.05, 3.63) is 65.0 Å². The molecule has 1 aromatic heterocycles. The van der Waals surface area contributed by atoms with Crippen molar-refractivity contribution in [1.82, 2.24) is 15.0 Å². The number of carbonyl (C=O) groups excluding carboxylic acids is 2. The molecule has 0 saturated carbocycles. The molecule has 0 saturated heterocycles. The van der Waals surface area contributed by atoms with Crippen molar-refractivity contribution >= 4 is 28.5 Å². The van der Waals surface area contributed by atoms with Crippen molar-refractivity contribution in [3.63, 3.8) is 0 Å². The van der Waals surface area contributed by atoms with Gasteiger partial charge in [0, 0.05) is 12.7 Å². The molecule has 0 N–H and O–H groups in total. The van der Waals surface area contributed by atoms with Gasteiger partial charge in [0.2, 0.25) is 0 Å². The highest BCUT2D eigenvalue weighted by Gasteiger charge is 2.23. The van der Waals surface area contributed by atoms with Crippen LogP contribution in [0.25, 0.3) is 10.9 Å². The van der Waals surface area contributed by atoms with Gasteiger partial charge < -0.3 is 9.64 Å². The molecule has 138 valence electrons. The average Bonchev–Trinajstić information content (AvgIpc) is 2.69. The number of rotatable bonds is 5. The Labute approximate surface area is 155 Å². The van der Waals surface area contributed by atoms with Crippen LogP contribution in [0.2, 0.25) is 0 Å². The fraction of sp³-hybridized carbons (Fsp3) is 0.211. The first kappa shape index (κ1) is 18.2. The molecule has 8 nitrogen and oxygen atoms in total. The van der Waals surface area contributed by atoms with Gasteiger partial charge in [0.05, 0.1) is 5.39 Å². The Morgan fingerprint density at radius 2 is 1.78 bits per heavy atom. The van der Waals surface area contributed by atoms with Crippen molar-refractivity contribution in [1.29, 1.82) is 0 Å². The van der Waals surface area contributed by atoms with Crippen LogP contribution in [0.15, 0.2) is 59.4 Å². The minimum absolute atomic E-state index is 0.355. The van der Waals surface area contributed by atoms with Crippen LogP contribution in [-0.2, 0) is 20.9 Å². The number of anilines is 1. The monoisotopic (exact) mass is 366 g/mol. The summed E-state index contributed by atoms with van der Waals surface area (Å²) >= 11 is 0. The van der Waals surface area contributed by atoms with Gasteiger partial charge in [-0.05, 0) is 31.2 Å². The van der Waals surface area contributed by atoms with Gasteiger partial charge in [-0.3, -0.25) is 14.4 Å². The third kappa shape index (κ3) is 4.00. The van der Waals surface area contributed by atoms with Gasteiger partial charge >= 0.3 is 5.97 Å². The summed E-state index contributed by atoms with van der Waals surface area (Å²) in [5, 5.41) is 8.00. The molecule has 3 aromatic rings. The Balaban J connectivity index is 1.68. The van der Waals surface area contributed by atoms with E-state index in [0.29, 0.717) is 16.6 Å². The normalized spacial score (nSPS) is 11.8. The van der Waals surface area contributed by atoms with Gasteiger partial charge in [-0.2, -0.15) is 4.68 Å². The molecule has 3 rings (SSSR count). The van der Waals surface area contributed by atoms with E-state index >= 15 is 0 Å². The van der Waals surface area contributed by atoms with Crippen molar-refractivity contribution in [2.75, 3.05) is 11.9 Å². The van der Waals surface area contributed by atoms with Crippen LogP contribution in [0.5, 0.6) is 0 Å². The van der Waals surface area contributed by atoms with E-state index in [9.17, 15) is 14.4 Å². The second kappa shape index (κ2) is 7.77. The second-order valence-corrected chi connectivity index (χ2v) is 5.93. The third-order valence-corrected chi connectivity index (χ3v) is 4.04. The van der Waals surface area contributed by atoms with E-state index in [2.05, 4.69) is 10.3 Å². The summed E-state index contributed by atoms with van der Waals surface area (Å²) in [6, 6.07) is 15.7. The third-order valence-electron chi connectivity index (χ3n) is 4.04. The van der Waals surface area contributed by atoms with Crippen molar-refractivity contribution < 1.29 is 14.3 Å². The molecule has 1 amide bonds. The largest absolute Gasteiger partial charge is 0.451 e. The van der Waals surface area contributed by atoms with Crippen LogP contribution >= 0.6 is 0 Å². The first-order valence-electron chi connectivity index (χ1n) is 8.32. The highest BCUT2D eigenvalue weighted by atomic mass is 16.5. The number of hydrogen-bond donors (Lipinski definition) is 0. The van der Waals surface area contributed by atoms with Gasteiger partial charge in [0.15, 0.2) is 6.10 Å². The Hall–Kier alpha value is -3.55. The van der Waals surface area contributed by atoms with E-state index in [0.717, 1.165) is 4.68 Å². The van der Waals surface area contributed by atoms with E-state index in [-0.39, 0.29) is 5.91 Å². The first-order chi connectivity index (χ1) is 13.0. The number of carbonyl (C=O) groups is 2. The SMILES string of the molecule is C[C@@H](OC(=O)Cn1nnc2ccccc2c1=O)C(=O)N(C)c1ccccc1.